The second kappa shape index (κ2) is 6.56. The Bertz CT molecular complexity index is 352. The molecular formula is C13H22N2O4. The third kappa shape index (κ3) is 6.24. The predicted octanol–water partition coefficient (Wildman–Crippen LogP) is 1.18. The van der Waals surface area contributed by atoms with Gasteiger partial charge in [0.15, 0.2) is 0 Å². The topological polar surface area (TPSA) is 70.1 Å². The standard InChI is InChI=1S/C13H22N2O4/c1-13(2,3)19-12(18)15-9-7-14(8-10-15)6-4-5-11(16)17/h4-5H,6-10H2,1-3H3,(H,16,17). The molecule has 0 aliphatic carbocycles. The van der Waals surface area contributed by atoms with Crippen LogP contribution in [0.5, 0.6) is 0 Å². The van der Waals surface area contributed by atoms with E-state index in [0.29, 0.717) is 19.6 Å². The molecule has 6 nitrogen and oxygen atoms in total. The third-order valence-electron chi connectivity index (χ3n) is 2.65. The minimum Gasteiger partial charge on any atom is -0.478 e. The van der Waals surface area contributed by atoms with E-state index in [0.717, 1.165) is 19.2 Å². The molecule has 1 rings (SSSR count). The Hall–Kier alpha value is -1.56. The van der Waals surface area contributed by atoms with Crippen LogP contribution >= 0.6 is 0 Å². The van der Waals surface area contributed by atoms with Crippen molar-refractivity contribution in [2.45, 2.75) is 26.4 Å². The van der Waals surface area contributed by atoms with Crippen LogP contribution in [0.4, 0.5) is 4.79 Å². The highest BCUT2D eigenvalue weighted by atomic mass is 16.6. The molecule has 0 saturated carbocycles. The maximum absolute atomic E-state index is 11.8. The molecule has 0 aromatic carbocycles. The van der Waals surface area contributed by atoms with E-state index in [1.165, 1.54) is 0 Å². The van der Waals surface area contributed by atoms with Crippen LogP contribution in [-0.4, -0.2) is 65.3 Å². The first-order chi connectivity index (χ1) is 8.78. The summed E-state index contributed by atoms with van der Waals surface area (Å²) in [5, 5.41) is 8.49. The first kappa shape index (κ1) is 15.5. The van der Waals surface area contributed by atoms with Crippen LogP contribution in [0.3, 0.4) is 0 Å². The van der Waals surface area contributed by atoms with Crippen LogP contribution in [0.1, 0.15) is 20.8 Å². The summed E-state index contributed by atoms with van der Waals surface area (Å²) in [6.07, 6.45) is 2.47. The molecule has 0 unspecified atom stereocenters. The number of hydrogen-bond acceptors (Lipinski definition) is 4. The second-order valence-corrected chi connectivity index (χ2v) is 5.51. The zero-order valence-corrected chi connectivity index (χ0v) is 11.8. The molecule has 1 aliphatic rings. The maximum Gasteiger partial charge on any atom is 0.410 e. The van der Waals surface area contributed by atoms with Gasteiger partial charge < -0.3 is 14.7 Å². The van der Waals surface area contributed by atoms with Crippen molar-refractivity contribution in [3.05, 3.63) is 12.2 Å². The fraction of sp³-hybridized carbons (Fsp3) is 0.692. The maximum atomic E-state index is 11.8. The first-order valence-corrected chi connectivity index (χ1v) is 6.38. The van der Waals surface area contributed by atoms with Gasteiger partial charge in [-0.15, -0.1) is 0 Å². The minimum atomic E-state index is -0.938. The summed E-state index contributed by atoms with van der Waals surface area (Å²) in [6.45, 7) is 8.79. The molecule has 6 heteroatoms. The highest BCUT2D eigenvalue weighted by molar-refractivity contribution is 5.79. The van der Waals surface area contributed by atoms with Gasteiger partial charge in [0.1, 0.15) is 5.60 Å². The molecule has 0 atom stereocenters. The summed E-state index contributed by atoms with van der Waals surface area (Å²) in [5.41, 5.74) is -0.474. The van der Waals surface area contributed by atoms with Gasteiger partial charge in [0.05, 0.1) is 0 Å². The van der Waals surface area contributed by atoms with Crippen LogP contribution in [0.15, 0.2) is 12.2 Å². The highest BCUT2D eigenvalue weighted by Crippen LogP contribution is 2.11. The van der Waals surface area contributed by atoms with E-state index in [-0.39, 0.29) is 6.09 Å². The zero-order chi connectivity index (χ0) is 14.5. The molecular weight excluding hydrogens is 248 g/mol. The average Bonchev–Trinajstić information content (AvgIpc) is 2.27. The van der Waals surface area contributed by atoms with E-state index in [1.807, 2.05) is 20.8 Å². The SMILES string of the molecule is CC(C)(C)OC(=O)N1CCN(CC=CC(=O)O)CC1. The van der Waals surface area contributed by atoms with Gasteiger partial charge in [0.2, 0.25) is 0 Å². The fourth-order valence-electron chi connectivity index (χ4n) is 1.74. The molecule has 1 N–H and O–H groups in total. The van der Waals surface area contributed by atoms with Crippen molar-refractivity contribution >= 4 is 12.1 Å². The number of piperazine rings is 1. The Balaban J connectivity index is 2.32. The summed E-state index contributed by atoms with van der Waals surface area (Å²) in [5.74, 6) is -0.938. The highest BCUT2D eigenvalue weighted by Gasteiger charge is 2.25. The van der Waals surface area contributed by atoms with Crippen molar-refractivity contribution < 1.29 is 19.4 Å². The number of nitrogens with zero attached hydrogens (tertiary/aromatic N) is 2. The Kier molecular flexibility index (Phi) is 5.35. The second-order valence-electron chi connectivity index (χ2n) is 5.51. The number of aliphatic carboxylic acids is 1. The first-order valence-electron chi connectivity index (χ1n) is 6.38. The number of carbonyl (C=O) groups is 2. The smallest absolute Gasteiger partial charge is 0.410 e. The number of ether oxygens (including phenoxy) is 1. The number of carboxylic acid groups (broad SMARTS) is 1. The minimum absolute atomic E-state index is 0.284. The molecule has 0 spiro atoms. The van der Waals surface area contributed by atoms with Crippen molar-refractivity contribution in [2.24, 2.45) is 0 Å². The predicted molar refractivity (Wildman–Crippen MR) is 71.0 cm³/mol. The van der Waals surface area contributed by atoms with Crippen molar-refractivity contribution in [1.82, 2.24) is 9.80 Å². The number of carbonyl (C=O) groups excluding carboxylic acids is 1. The number of amides is 1. The zero-order valence-electron chi connectivity index (χ0n) is 11.8. The van der Waals surface area contributed by atoms with Gasteiger partial charge in [-0.05, 0) is 20.8 Å². The van der Waals surface area contributed by atoms with Gasteiger partial charge in [-0.25, -0.2) is 9.59 Å². The molecule has 1 saturated heterocycles. The lowest BCUT2D eigenvalue weighted by molar-refractivity contribution is -0.131. The van der Waals surface area contributed by atoms with Gasteiger partial charge in [-0.3, -0.25) is 4.90 Å². The number of hydrogen-bond donors (Lipinski definition) is 1. The molecule has 108 valence electrons. The summed E-state index contributed by atoms with van der Waals surface area (Å²) in [4.78, 5) is 25.9. The molecule has 19 heavy (non-hydrogen) atoms. The van der Waals surface area contributed by atoms with Crippen LogP contribution < -0.4 is 0 Å². The van der Waals surface area contributed by atoms with E-state index >= 15 is 0 Å². The Labute approximate surface area is 113 Å². The molecule has 0 aromatic heterocycles. The van der Waals surface area contributed by atoms with Gasteiger partial charge in [-0.2, -0.15) is 0 Å². The Morgan fingerprint density at radius 3 is 2.26 bits per heavy atom. The molecule has 1 amide bonds. The number of rotatable bonds is 3. The normalized spacial score (nSPS) is 17.7. The summed E-state index contributed by atoms with van der Waals surface area (Å²) in [6, 6.07) is 0. The summed E-state index contributed by atoms with van der Waals surface area (Å²) < 4.78 is 5.30. The molecule has 0 radical (unpaired) electrons. The summed E-state index contributed by atoms with van der Waals surface area (Å²) in [7, 11) is 0. The van der Waals surface area contributed by atoms with Crippen molar-refractivity contribution in [2.75, 3.05) is 32.7 Å². The summed E-state index contributed by atoms with van der Waals surface area (Å²) >= 11 is 0. The molecule has 1 aliphatic heterocycles. The van der Waals surface area contributed by atoms with Crippen LogP contribution in [0.2, 0.25) is 0 Å². The molecule has 0 bridgehead atoms. The largest absolute Gasteiger partial charge is 0.478 e. The van der Waals surface area contributed by atoms with E-state index in [4.69, 9.17) is 9.84 Å². The van der Waals surface area contributed by atoms with Gasteiger partial charge >= 0.3 is 12.1 Å². The van der Waals surface area contributed by atoms with Gasteiger partial charge in [0.25, 0.3) is 0 Å². The lowest BCUT2D eigenvalue weighted by Gasteiger charge is -2.35. The average molecular weight is 270 g/mol. The Morgan fingerprint density at radius 2 is 1.79 bits per heavy atom. The molecule has 0 aromatic rings. The quantitative estimate of drug-likeness (QED) is 0.780. The van der Waals surface area contributed by atoms with Crippen molar-refractivity contribution in [3.63, 3.8) is 0 Å². The monoisotopic (exact) mass is 270 g/mol. The fourth-order valence-corrected chi connectivity index (χ4v) is 1.74. The lowest BCUT2D eigenvalue weighted by atomic mass is 10.2. The lowest BCUT2D eigenvalue weighted by Crippen LogP contribution is -2.49. The molecule has 1 fully saturated rings. The molecule has 1 heterocycles. The van der Waals surface area contributed by atoms with Gasteiger partial charge in [-0.1, -0.05) is 6.08 Å². The van der Waals surface area contributed by atoms with Crippen molar-refractivity contribution in [1.29, 1.82) is 0 Å². The Morgan fingerprint density at radius 1 is 1.21 bits per heavy atom. The van der Waals surface area contributed by atoms with E-state index in [1.54, 1.807) is 11.0 Å². The van der Waals surface area contributed by atoms with Crippen LogP contribution in [0.25, 0.3) is 0 Å². The van der Waals surface area contributed by atoms with Gasteiger partial charge in [0, 0.05) is 38.8 Å². The third-order valence-corrected chi connectivity index (χ3v) is 2.65. The number of carboxylic acids is 1. The van der Waals surface area contributed by atoms with Crippen LogP contribution in [0, 0.1) is 0 Å². The van der Waals surface area contributed by atoms with Crippen molar-refractivity contribution in [3.8, 4) is 0 Å². The van der Waals surface area contributed by atoms with E-state index in [9.17, 15) is 9.59 Å². The van der Waals surface area contributed by atoms with Crippen LogP contribution in [-0.2, 0) is 9.53 Å². The van der Waals surface area contributed by atoms with E-state index < -0.39 is 11.6 Å². The van der Waals surface area contributed by atoms with E-state index in [2.05, 4.69) is 4.90 Å².